The number of halogens is 3. The van der Waals surface area contributed by atoms with Crippen molar-refractivity contribution < 1.29 is 23.1 Å². The molecule has 3 rings (SSSR count). The number of hydrogen-bond donors (Lipinski definition) is 3. The monoisotopic (exact) mass is 379 g/mol. The molecule has 7 nitrogen and oxygen atoms in total. The predicted octanol–water partition coefficient (Wildman–Crippen LogP) is 3.66. The first-order chi connectivity index (χ1) is 12.6. The van der Waals surface area contributed by atoms with Crippen molar-refractivity contribution >= 4 is 22.8 Å². The summed E-state index contributed by atoms with van der Waals surface area (Å²) in [4.78, 5) is 25.2. The first-order valence-corrected chi connectivity index (χ1v) is 8.05. The van der Waals surface area contributed by atoms with Gasteiger partial charge in [0.25, 0.3) is 0 Å². The van der Waals surface area contributed by atoms with Gasteiger partial charge >= 0.3 is 12.1 Å². The molecule has 0 saturated carbocycles. The molecule has 142 valence electrons. The lowest BCUT2D eigenvalue weighted by Gasteiger charge is -2.13. The number of aliphatic carboxylic acids is 1. The number of aromatic amines is 1. The van der Waals surface area contributed by atoms with Gasteiger partial charge in [0.2, 0.25) is 5.82 Å². The number of nitrogens with one attached hydrogen (secondary N) is 2. The summed E-state index contributed by atoms with van der Waals surface area (Å²) in [5.41, 5.74) is 1.14. The van der Waals surface area contributed by atoms with Gasteiger partial charge in [-0.1, -0.05) is 13.8 Å². The first kappa shape index (κ1) is 18.6. The zero-order valence-electron chi connectivity index (χ0n) is 14.4. The molecule has 0 saturated heterocycles. The van der Waals surface area contributed by atoms with Gasteiger partial charge in [0.15, 0.2) is 0 Å². The molecule has 0 fully saturated rings. The van der Waals surface area contributed by atoms with E-state index in [-0.39, 0.29) is 29.7 Å². The number of carbonyl (C=O) groups is 1. The second kappa shape index (κ2) is 6.86. The van der Waals surface area contributed by atoms with E-state index in [4.69, 9.17) is 5.11 Å². The Hall–Kier alpha value is -3.17. The highest BCUT2D eigenvalue weighted by Gasteiger charge is 2.35. The third-order valence-electron chi connectivity index (χ3n) is 3.82. The highest BCUT2D eigenvalue weighted by molar-refractivity contribution is 5.94. The molecule has 0 radical (unpaired) electrons. The van der Waals surface area contributed by atoms with Gasteiger partial charge in [0.1, 0.15) is 18.0 Å². The van der Waals surface area contributed by atoms with Crippen molar-refractivity contribution in [2.24, 2.45) is 0 Å². The van der Waals surface area contributed by atoms with Crippen molar-refractivity contribution in [3.05, 3.63) is 35.9 Å². The quantitative estimate of drug-likeness (QED) is 0.625. The number of carboxylic acids is 1. The van der Waals surface area contributed by atoms with E-state index in [9.17, 15) is 18.0 Å². The maximum absolute atomic E-state index is 13.2. The molecule has 0 aliphatic heterocycles. The zero-order valence-corrected chi connectivity index (χ0v) is 14.4. The number of nitrogens with zero attached hydrogens (tertiary/aromatic N) is 3. The largest absolute Gasteiger partial charge is 0.480 e. The normalized spacial score (nSPS) is 11.9. The molecule has 0 aliphatic carbocycles. The van der Waals surface area contributed by atoms with Crippen molar-refractivity contribution in [3.63, 3.8) is 0 Å². The van der Waals surface area contributed by atoms with Crippen LogP contribution in [0.15, 0.2) is 24.4 Å². The fourth-order valence-corrected chi connectivity index (χ4v) is 2.53. The van der Waals surface area contributed by atoms with E-state index in [1.165, 1.54) is 12.1 Å². The molecule has 0 unspecified atom stereocenters. The number of alkyl halides is 3. The molecule has 27 heavy (non-hydrogen) atoms. The summed E-state index contributed by atoms with van der Waals surface area (Å²) in [6.07, 6.45) is -3.09. The summed E-state index contributed by atoms with van der Waals surface area (Å²) in [6.45, 7) is 3.10. The van der Waals surface area contributed by atoms with Gasteiger partial charge in [0, 0.05) is 22.8 Å². The Morgan fingerprint density at radius 1 is 1.26 bits per heavy atom. The molecular weight excluding hydrogens is 363 g/mol. The molecule has 0 atom stereocenters. The second-order valence-electron chi connectivity index (χ2n) is 6.20. The molecular formula is C17H16F3N5O2. The molecule has 3 N–H and O–H groups in total. The van der Waals surface area contributed by atoms with Gasteiger partial charge < -0.3 is 15.4 Å². The Labute approximate surface area is 151 Å². The molecule has 10 heteroatoms. The van der Waals surface area contributed by atoms with Crippen LogP contribution in [0, 0.1) is 0 Å². The summed E-state index contributed by atoms with van der Waals surface area (Å²) >= 11 is 0. The van der Waals surface area contributed by atoms with E-state index in [1.807, 2.05) is 0 Å². The summed E-state index contributed by atoms with van der Waals surface area (Å²) in [6, 6.07) is 4.65. The van der Waals surface area contributed by atoms with Crippen LogP contribution in [0.2, 0.25) is 0 Å². The minimum atomic E-state index is -4.69. The summed E-state index contributed by atoms with van der Waals surface area (Å²) in [5, 5.41) is 12.0. The lowest BCUT2D eigenvalue weighted by Crippen LogP contribution is -2.14. The number of anilines is 1. The van der Waals surface area contributed by atoms with Crippen LogP contribution in [0.4, 0.5) is 19.0 Å². The van der Waals surface area contributed by atoms with E-state index in [0.717, 1.165) is 0 Å². The predicted molar refractivity (Wildman–Crippen MR) is 92.3 cm³/mol. The second-order valence-corrected chi connectivity index (χ2v) is 6.20. The van der Waals surface area contributed by atoms with Gasteiger partial charge in [-0.05, 0) is 24.1 Å². The minimum absolute atomic E-state index is 0.0893. The average Bonchev–Trinajstić information content (AvgIpc) is 3.06. The van der Waals surface area contributed by atoms with Crippen LogP contribution in [-0.2, 0) is 11.0 Å². The maximum Gasteiger partial charge on any atom is 0.451 e. The lowest BCUT2D eigenvalue weighted by atomic mass is 10.0. The van der Waals surface area contributed by atoms with Crippen LogP contribution in [-0.4, -0.2) is 37.6 Å². The van der Waals surface area contributed by atoms with Gasteiger partial charge in [-0.3, -0.25) is 4.79 Å². The number of carboxylic acid groups (broad SMARTS) is 1. The van der Waals surface area contributed by atoms with E-state index in [1.54, 1.807) is 26.1 Å². The molecule has 0 aliphatic rings. The van der Waals surface area contributed by atoms with Crippen molar-refractivity contribution in [1.82, 2.24) is 19.9 Å². The summed E-state index contributed by atoms with van der Waals surface area (Å²) < 4.78 is 39.7. The molecule has 0 amide bonds. The Morgan fingerprint density at radius 3 is 2.63 bits per heavy atom. The van der Waals surface area contributed by atoms with E-state index >= 15 is 0 Å². The molecule has 0 bridgehead atoms. The third-order valence-corrected chi connectivity index (χ3v) is 3.82. The summed E-state index contributed by atoms with van der Waals surface area (Å²) in [5.74, 6) is -2.33. The molecule has 0 aromatic carbocycles. The standard InChI is InChI=1S/C17H16F3N5O2/c1-8(2)11-6-12(24-16(23-11)17(18,19)20)10-5-13(22-7-14(26)27)25-15-9(10)3-4-21-15/h3-6,8H,7H2,1-2H3,(H,26,27)(H2,21,22,25). The van der Waals surface area contributed by atoms with Crippen molar-refractivity contribution in [2.75, 3.05) is 11.9 Å². The molecule has 0 spiro atoms. The van der Waals surface area contributed by atoms with Gasteiger partial charge in [-0.2, -0.15) is 13.2 Å². The molecule has 3 aromatic rings. The fourth-order valence-electron chi connectivity index (χ4n) is 2.53. The zero-order chi connectivity index (χ0) is 19.8. The van der Waals surface area contributed by atoms with E-state index in [0.29, 0.717) is 16.6 Å². The highest BCUT2D eigenvalue weighted by Crippen LogP contribution is 2.33. The van der Waals surface area contributed by atoms with Crippen LogP contribution in [0.5, 0.6) is 0 Å². The smallest absolute Gasteiger partial charge is 0.451 e. The topological polar surface area (TPSA) is 104 Å². The Bertz CT molecular complexity index is 998. The number of rotatable bonds is 5. The van der Waals surface area contributed by atoms with Crippen LogP contribution in [0.1, 0.15) is 31.3 Å². The third kappa shape index (κ3) is 3.99. The van der Waals surface area contributed by atoms with Gasteiger partial charge in [-0.15, -0.1) is 0 Å². The average molecular weight is 379 g/mol. The van der Waals surface area contributed by atoms with Crippen LogP contribution < -0.4 is 5.32 Å². The van der Waals surface area contributed by atoms with Crippen LogP contribution >= 0.6 is 0 Å². The number of fused-ring (bicyclic) bond motifs is 1. The Kier molecular flexibility index (Phi) is 4.73. The first-order valence-electron chi connectivity index (χ1n) is 8.05. The summed E-state index contributed by atoms with van der Waals surface area (Å²) in [7, 11) is 0. The highest BCUT2D eigenvalue weighted by atomic mass is 19.4. The minimum Gasteiger partial charge on any atom is -0.480 e. The van der Waals surface area contributed by atoms with E-state index in [2.05, 4.69) is 25.3 Å². The molecule has 3 heterocycles. The van der Waals surface area contributed by atoms with Gasteiger partial charge in [0.05, 0.1) is 5.69 Å². The van der Waals surface area contributed by atoms with Crippen molar-refractivity contribution in [2.45, 2.75) is 25.9 Å². The van der Waals surface area contributed by atoms with Crippen LogP contribution in [0.3, 0.4) is 0 Å². The molecule has 3 aromatic heterocycles. The number of aromatic nitrogens is 4. The maximum atomic E-state index is 13.2. The lowest BCUT2D eigenvalue weighted by molar-refractivity contribution is -0.145. The van der Waals surface area contributed by atoms with Gasteiger partial charge in [-0.25, -0.2) is 15.0 Å². The number of H-pyrrole nitrogens is 1. The van der Waals surface area contributed by atoms with Crippen molar-refractivity contribution in [1.29, 1.82) is 0 Å². The number of hydrogen-bond acceptors (Lipinski definition) is 5. The van der Waals surface area contributed by atoms with E-state index < -0.39 is 18.0 Å². The fraction of sp³-hybridized carbons (Fsp3) is 0.294. The van der Waals surface area contributed by atoms with Crippen molar-refractivity contribution in [3.8, 4) is 11.3 Å². The SMILES string of the molecule is CC(C)c1cc(-c2cc(NCC(=O)O)nc3[nH]ccc23)nc(C(F)(F)F)n1. The Balaban J connectivity index is 2.20. The Morgan fingerprint density at radius 2 is 2.00 bits per heavy atom. The number of pyridine rings is 1. The van der Waals surface area contributed by atoms with Crippen LogP contribution in [0.25, 0.3) is 22.3 Å².